The largest absolute Gasteiger partial charge is 0.416 e. The zero-order chi connectivity index (χ0) is 18.6. The van der Waals surface area contributed by atoms with Crippen molar-refractivity contribution in [1.82, 2.24) is 4.98 Å². The van der Waals surface area contributed by atoms with Crippen molar-refractivity contribution in [3.63, 3.8) is 0 Å². The summed E-state index contributed by atoms with van der Waals surface area (Å²) < 4.78 is 35.7. The molecular weight excluding hydrogens is 329 g/mol. The summed E-state index contributed by atoms with van der Waals surface area (Å²) >= 11 is 0. The molecule has 2 aromatic carbocycles. The van der Waals surface area contributed by atoms with Crippen LogP contribution in [0.2, 0.25) is 0 Å². The third-order valence-electron chi connectivity index (χ3n) is 3.51. The second-order valence-electron chi connectivity index (χ2n) is 5.49. The van der Waals surface area contributed by atoms with Gasteiger partial charge >= 0.3 is 6.18 Å². The lowest BCUT2D eigenvalue weighted by molar-refractivity contribution is -0.137. The highest BCUT2D eigenvalue weighted by Crippen LogP contribution is 2.29. The lowest BCUT2D eigenvalue weighted by atomic mass is 10.1. The number of fused-ring (bicyclic) bond motifs is 1. The van der Waals surface area contributed by atoms with E-state index in [0.717, 1.165) is 28.7 Å². The van der Waals surface area contributed by atoms with E-state index in [1.54, 1.807) is 6.92 Å². The number of rotatable bonds is 1. The number of aryl methyl sites for hydroxylation is 1. The average Bonchev–Trinajstić information content (AvgIpc) is 2.54. The summed E-state index contributed by atoms with van der Waals surface area (Å²) in [6.45, 7) is 3.43. The Kier molecular flexibility index (Phi) is 5.41. The van der Waals surface area contributed by atoms with Gasteiger partial charge in [0.1, 0.15) is 0 Å². The third-order valence-corrected chi connectivity index (χ3v) is 3.51. The van der Waals surface area contributed by atoms with Crippen molar-refractivity contribution in [2.75, 3.05) is 5.73 Å². The number of nitrogens with two attached hydrogens (primary N) is 1. The highest BCUT2D eigenvalue weighted by molar-refractivity contribution is 5.98. The van der Waals surface area contributed by atoms with E-state index in [-0.39, 0.29) is 11.5 Å². The molecule has 0 radical (unpaired) electrons. The number of Topliss-reactive ketones (excluding diaryl/α,β-unsaturated/α-hetero) is 1. The number of halogens is 3. The number of benzene rings is 2. The van der Waals surface area contributed by atoms with Gasteiger partial charge < -0.3 is 5.73 Å². The van der Waals surface area contributed by atoms with Crippen molar-refractivity contribution in [3.8, 4) is 0 Å². The van der Waals surface area contributed by atoms with Crippen LogP contribution >= 0.6 is 0 Å². The Bertz CT molecular complexity index is 905. The van der Waals surface area contributed by atoms with Crippen molar-refractivity contribution < 1.29 is 18.0 Å². The molecule has 0 fully saturated rings. The second kappa shape index (κ2) is 7.34. The van der Waals surface area contributed by atoms with E-state index in [2.05, 4.69) is 4.98 Å². The van der Waals surface area contributed by atoms with Crippen LogP contribution in [-0.4, -0.2) is 10.8 Å². The fraction of sp³-hybridized carbons (Fsp3) is 0.158. The highest BCUT2D eigenvalue weighted by atomic mass is 19.4. The molecule has 0 saturated carbocycles. The number of aromatic nitrogens is 1. The summed E-state index contributed by atoms with van der Waals surface area (Å²) in [7, 11) is 0. The number of nitrogens with zero attached hydrogens (tertiary/aromatic N) is 1. The summed E-state index contributed by atoms with van der Waals surface area (Å²) in [5.41, 5.74) is 7.02. The van der Waals surface area contributed by atoms with Crippen LogP contribution in [0.15, 0.2) is 54.6 Å². The molecule has 1 aromatic heterocycles. The van der Waals surface area contributed by atoms with Gasteiger partial charge in [-0.25, -0.2) is 0 Å². The number of pyridine rings is 1. The number of ketones is 1. The fourth-order valence-corrected chi connectivity index (χ4v) is 2.28. The third kappa shape index (κ3) is 4.79. The van der Waals surface area contributed by atoms with Gasteiger partial charge in [-0.3, -0.25) is 9.78 Å². The molecule has 1 heterocycles. The Morgan fingerprint density at radius 3 is 2.28 bits per heavy atom. The maximum absolute atomic E-state index is 11.9. The number of anilines is 1. The molecule has 0 saturated heterocycles. The normalized spacial score (nSPS) is 10.9. The smallest absolute Gasteiger partial charge is 0.399 e. The number of hydrogen-bond acceptors (Lipinski definition) is 3. The van der Waals surface area contributed by atoms with E-state index in [4.69, 9.17) is 5.73 Å². The van der Waals surface area contributed by atoms with Crippen molar-refractivity contribution in [1.29, 1.82) is 0 Å². The van der Waals surface area contributed by atoms with Crippen LogP contribution in [0, 0.1) is 6.92 Å². The first kappa shape index (κ1) is 18.4. The van der Waals surface area contributed by atoms with E-state index >= 15 is 0 Å². The van der Waals surface area contributed by atoms with Gasteiger partial charge in [0.25, 0.3) is 0 Å². The first-order valence-electron chi connectivity index (χ1n) is 7.48. The van der Waals surface area contributed by atoms with Gasteiger partial charge in [-0.05, 0) is 44.2 Å². The molecule has 3 aromatic rings. The maximum Gasteiger partial charge on any atom is 0.416 e. The average molecular weight is 346 g/mol. The molecule has 3 nitrogen and oxygen atoms in total. The second-order valence-corrected chi connectivity index (χ2v) is 5.49. The molecule has 2 N–H and O–H groups in total. The predicted octanol–water partition coefficient (Wildman–Crippen LogP) is 5.03. The number of para-hydroxylation sites is 1. The van der Waals surface area contributed by atoms with E-state index in [1.165, 1.54) is 12.1 Å². The quantitative estimate of drug-likeness (QED) is 0.496. The van der Waals surface area contributed by atoms with Crippen LogP contribution in [-0.2, 0) is 6.18 Å². The van der Waals surface area contributed by atoms with Gasteiger partial charge in [0.2, 0.25) is 0 Å². The van der Waals surface area contributed by atoms with Gasteiger partial charge in [0.05, 0.1) is 11.1 Å². The Morgan fingerprint density at radius 2 is 1.72 bits per heavy atom. The Morgan fingerprint density at radius 1 is 1.04 bits per heavy atom. The number of alkyl halides is 3. The SMILES string of the molecule is CC(=O)c1cc2ccccc2nc1C.Nc1cccc(C(F)(F)F)c1. The van der Waals surface area contributed by atoms with Crippen molar-refractivity contribution in [2.24, 2.45) is 0 Å². The molecule has 6 heteroatoms. The topological polar surface area (TPSA) is 56.0 Å². The number of nitrogen functional groups attached to an aromatic ring is 1. The summed E-state index contributed by atoms with van der Waals surface area (Å²) in [6, 6.07) is 14.3. The van der Waals surface area contributed by atoms with Crippen molar-refractivity contribution >= 4 is 22.4 Å². The lowest BCUT2D eigenvalue weighted by Gasteiger charge is -2.05. The summed E-state index contributed by atoms with van der Waals surface area (Å²) in [5.74, 6) is 0.0701. The summed E-state index contributed by atoms with van der Waals surface area (Å²) in [5, 5.41) is 1.02. The zero-order valence-electron chi connectivity index (χ0n) is 13.8. The highest BCUT2D eigenvalue weighted by Gasteiger charge is 2.30. The van der Waals surface area contributed by atoms with Gasteiger partial charge in [-0.1, -0.05) is 24.3 Å². The van der Waals surface area contributed by atoms with Crippen LogP contribution in [0.4, 0.5) is 18.9 Å². The number of carbonyl (C=O) groups excluding carboxylic acids is 1. The number of hydrogen-bond donors (Lipinski definition) is 1. The lowest BCUT2D eigenvalue weighted by Crippen LogP contribution is -2.04. The molecule has 130 valence electrons. The fourth-order valence-electron chi connectivity index (χ4n) is 2.28. The summed E-state index contributed by atoms with van der Waals surface area (Å²) in [4.78, 5) is 15.6. The molecule has 0 bridgehead atoms. The van der Waals surface area contributed by atoms with Crippen LogP contribution in [0.25, 0.3) is 10.9 Å². The molecular formula is C19H17F3N2O. The Hall–Kier alpha value is -2.89. The van der Waals surface area contributed by atoms with Crippen LogP contribution in [0.5, 0.6) is 0 Å². The zero-order valence-corrected chi connectivity index (χ0v) is 13.8. The molecule has 0 amide bonds. The minimum absolute atomic E-state index is 0.0701. The molecule has 3 rings (SSSR count). The van der Waals surface area contributed by atoms with Crippen LogP contribution in [0.3, 0.4) is 0 Å². The first-order valence-corrected chi connectivity index (χ1v) is 7.48. The van der Waals surface area contributed by atoms with Gasteiger partial charge in [-0.15, -0.1) is 0 Å². The maximum atomic E-state index is 11.9. The minimum atomic E-state index is -4.30. The minimum Gasteiger partial charge on any atom is -0.399 e. The summed E-state index contributed by atoms with van der Waals surface area (Å²) in [6.07, 6.45) is -4.30. The first-order chi connectivity index (χ1) is 11.7. The standard InChI is InChI=1S/C12H11NO.C7H6F3N/c1-8-11(9(2)14)7-10-5-3-4-6-12(10)13-8;8-7(9,10)5-2-1-3-6(11)4-5/h3-7H,1-2H3;1-4H,11H2. The van der Waals surface area contributed by atoms with Crippen molar-refractivity contribution in [2.45, 2.75) is 20.0 Å². The molecule has 0 aliphatic heterocycles. The van der Waals surface area contributed by atoms with E-state index in [9.17, 15) is 18.0 Å². The monoisotopic (exact) mass is 346 g/mol. The van der Waals surface area contributed by atoms with Gasteiger partial charge in [0, 0.05) is 22.3 Å². The number of carbonyl (C=O) groups is 1. The predicted molar refractivity (Wildman–Crippen MR) is 92.3 cm³/mol. The molecule has 0 aliphatic carbocycles. The van der Waals surface area contributed by atoms with E-state index < -0.39 is 11.7 Å². The molecule has 0 unspecified atom stereocenters. The van der Waals surface area contributed by atoms with E-state index in [0.29, 0.717) is 5.56 Å². The molecule has 0 aliphatic rings. The van der Waals surface area contributed by atoms with Crippen molar-refractivity contribution in [3.05, 3.63) is 71.4 Å². The molecule has 0 spiro atoms. The molecule has 0 atom stereocenters. The van der Waals surface area contributed by atoms with E-state index in [1.807, 2.05) is 37.3 Å². The van der Waals surface area contributed by atoms with Crippen LogP contribution < -0.4 is 5.73 Å². The Labute approximate surface area is 143 Å². The Balaban J connectivity index is 0.000000186. The van der Waals surface area contributed by atoms with Crippen LogP contribution in [0.1, 0.15) is 28.5 Å². The van der Waals surface area contributed by atoms with Gasteiger partial charge in [0.15, 0.2) is 5.78 Å². The van der Waals surface area contributed by atoms with Gasteiger partial charge in [-0.2, -0.15) is 13.2 Å². The molecule has 25 heavy (non-hydrogen) atoms.